The minimum absolute atomic E-state index is 0.0310. The number of benzene rings is 1. The standard InChI is InChI=1S/C21H26ClN3O3/c1-4-14(3)18(25-19(26)15-8-10-17(22)11-9-15)20(27)24-13-16-7-6-12-23-21(16)28-5-2/h6-12,14,18H,4-5,13H2,1-3H3,(H,24,27)(H,25,26). The molecule has 0 bridgehead atoms. The van der Waals surface area contributed by atoms with Crippen LogP contribution in [0.15, 0.2) is 42.6 Å². The van der Waals surface area contributed by atoms with Crippen molar-refractivity contribution in [1.82, 2.24) is 15.6 Å². The number of aromatic nitrogens is 1. The van der Waals surface area contributed by atoms with Crippen LogP contribution in [0.5, 0.6) is 5.88 Å². The van der Waals surface area contributed by atoms with Gasteiger partial charge < -0.3 is 15.4 Å². The summed E-state index contributed by atoms with van der Waals surface area (Å²) < 4.78 is 5.49. The van der Waals surface area contributed by atoms with E-state index >= 15 is 0 Å². The summed E-state index contributed by atoms with van der Waals surface area (Å²) in [4.78, 5) is 29.5. The van der Waals surface area contributed by atoms with Gasteiger partial charge in [-0.15, -0.1) is 0 Å². The summed E-state index contributed by atoms with van der Waals surface area (Å²) in [6.45, 7) is 6.55. The van der Waals surface area contributed by atoms with Crippen molar-refractivity contribution in [3.05, 3.63) is 58.7 Å². The Balaban J connectivity index is 2.07. The molecule has 7 heteroatoms. The maximum absolute atomic E-state index is 12.8. The van der Waals surface area contributed by atoms with Crippen molar-refractivity contribution >= 4 is 23.4 Å². The Kier molecular flexibility index (Phi) is 8.26. The topological polar surface area (TPSA) is 80.3 Å². The molecule has 0 aliphatic carbocycles. The first-order valence-corrected chi connectivity index (χ1v) is 9.74. The minimum atomic E-state index is -0.652. The van der Waals surface area contributed by atoms with Crippen molar-refractivity contribution < 1.29 is 14.3 Å². The highest BCUT2D eigenvalue weighted by molar-refractivity contribution is 6.30. The van der Waals surface area contributed by atoms with Crippen LogP contribution in [0.25, 0.3) is 0 Å². The van der Waals surface area contributed by atoms with Crippen molar-refractivity contribution in [2.75, 3.05) is 6.61 Å². The lowest BCUT2D eigenvalue weighted by Crippen LogP contribution is -2.50. The number of carbonyl (C=O) groups is 2. The van der Waals surface area contributed by atoms with Gasteiger partial charge in [0.25, 0.3) is 5.91 Å². The summed E-state index contributed by atoms with van der Waals surface area (Å²) >= 11 is 5.87. The van der Waals surface area contributed by atoms with Gasteiger partial charge in [0.05, 0.1) is 6.61 Å². The molecule has 1 heterocycles. The summed E-state index contributed by atoms with van der Waals surface area (Å²) in [7, 11) is 0. The number of rotatable bonds is 9. The highest BCUT2D eigenvalue weighted by Crippen LogP contribution is 2.15. The van der Waals surface area contributed by atoms with Gasteiger partial charge in [-0.25, -0.2) is 4.98 Å². The third-order valence-electron chi connectivity index (χ3n) is 4.47. The zero-order chi connectivity index (χ0) is 20.5. The summed E-state index contributed by atoms with van der Waals surface area (Å²) in [6, 6.07) is 9.54. The van der Waals surface area contributed by atoms with Gasteiger partial charge in [0, 0.05) is 28.9 Å². The SMILES string of the molecule is CCOc1ncccc1CNC(=O)C(NC(=O)c1ccc(Cl)cc1)C(C)CC. The lowest BCUT2D eigenvalue weighted by molar-refractivity contribution is -0.124. The van der Waals surface area contributed by atoms with Crippen molar-refractivity contribution in [2.24, 2.45) is 5.92 Å². The molecule has 2 unspecified atom stereocenters. The number of ether oxygens (including phenoxy) is 1. The van der Waals surface area contributed by atoms with Crippen LogP contribution in [0.2, 0.25) is 5.02 Å². The normalized spacial score (nSPS) is 12.7. The van der Waals surface area contributed by atoms with E-state index < -0.39 is 6.04 Å². The van der Waals surface area contributed by atoms with Crippen LogP contribution < -0.4 is 15.4 Å². The smallest absolute Gasteiger partial charge is 0.251 e. The Morgan fingerprint density at radius 2 is 1.89 bits per heavy atom. The van der Waals surface area contributed by atoms with Gasteiger partial charge in [0.1, 0.15) is 6.04 Å². The molecule has 0 aliphatic heterocycles. The van der Waals surface area contributed by atoms with E-state index in [1.165, 1.54) is 0 Å². The van der Waals surface area contributed by atoms with Crippen LogP contribution in [0.3, 0.4) is 0 Å². The Bertz CT molecular complexity index is 796. The molecule has 1 aromatic heterocycles. The molecule has 0 radical (unpaired) electrons. The average molecular weight is 404 g/mol. The van der Waals surface area contributed by atoms with Gasteiger partial charge in [0.2, 0.25) is 11.8 Å². The van der Waals surface area contributed by atoms with E-state index in [0.29, 0.717) is 23.1 Å². The molecule has 150 valence electrons. The van der Waals surface area contributed by atoms with Gasteiger partial charge in [-0.3, -0.25) is 9.59 Å². The number of pyridine rings is 1. The fraction of sp³-hybridized carbons (Fsp3) is 0.381. The van der Waals surface area contributed by atoms with E-state index in [4.69, 9.17) is 16.3 Å². The Morgan fingerprint density at radius 1 is 1.18 bits per heavy atom. The van der Waals surface area contributed by atoms with Crippen LogP contribution in [0.1, 0.15) is 43.1 Å². The summed E-state index contributed by atoms with van der Waals surface area (Å²) in [5.41, 5.74) is 1.24. The fourth-order valence-electron chi connectivity index (χ4n) is 2.65. The quantitative estimate of drug-likeness (QED) is 0.670. The first-order valence-electron chi connectivity index (χ1n) is 9.37. The molecule has 6 nitrogen and oxygen atoms in total. The van der Waals surface area contributed by atoms with E-state index in [0.717, 1.165) is 12.0 Å². The van der Waals surface area contributed by atoms with Crippen LogP contribution in [0, 0.1) is 5.92 Å². The van der Waals surface area contributed by atoms with Gasteiger partial charge in [-0.1, -0.05) is 37.9 Å². The molecule has 0 saturated heterocycles. The third kappa shape index (κ3) is 5.96. The van der Waals surface area contributed by atoms with Gasteiger partial charge in [-0.05, 0) is 43.2 Å². The van der Waals surface area contributed by atoms with Crippen LogP contribution in [-0.2, 0) is 11.3 Å². The molecule has 2 aromatic rings. The van der Waals surface area contributed by atoms with E-state index in [-0.39, 0.29) is 24.3 Å². The fourth-order valence-corrected chi connectivity index (χ4v) is 2.77. The molecule has 2 atom stereocenters. The predicted molar refractivity (Wildman–Crippen MR) is 109 cm³/mol. The molecule has 0 spiro atoms. The van der Waals surface area contributed by atoms with Gasteiger partial charge >= 0.3 is 0 Å². The maximum atomic E-state index is 12.8. The first kappa shape index (κ1) is 21.7. The molecule has 2 rings (SSSR count). The molecule has 0 fully saturated rings. The number of halogens is 1. The number of hydrogen-bond donors (Lipinski definition) is 2. The highest BCUT2D eigenvalue weighted by Gasteiger charge is 2.26. The number of nitrogens with zero attached hydrogens (tertiary/aromatic N) is 1. The zero-order valence-electron chi connectivity index (χ0n) is 16.4. The molecular weight excluding hydrogens is 378 g/mol. The lowest BCUT2D eigenvalue weighted by Gasteiger charge is -2.24. The van der Waals surface area contributed by atoms with E-state index in [1.807, 2.05) is 26.8 Å². The second kappa shape index (κ2) is 10.7. The first-order chi connectivity index (χ1) is 13.5. The van der Waals surface area contributed by atoms with Crippen LogP contribution in [0.4, 0.5) is 0 Å². The summed E-state index contributed by atoms with van der Waals surface area (Å²) in [5, 5.41) is 6.27. The summed E-state index contributed by atoms with van der Waals surface area (Å²) in [5.74, 6) is -0.0939. The number of amides is 2. The number of nitrogens with one attached hydrogen (secondary N) is 2. The molecule has 0 saturated carbocycles. The molecule has 2 amide bonds. The molecule has 2 N–H and O–H groups in total. The molecule has 0 aliphatic rings. The van der Waals surface area contributed by atoms with Crippen molar-refractivity contribution in [2.45, 2.75) is 39.8 Å². The molecule has 1 aromatic carbocycles. The van der Waals surface area contributed by atoms with Crippen LogP contribution in [-0.4, -0.2) is 29.4 Å². The lowest BCUT2D eigenvalue weighted by atomic mass is 9.97. The molecular formula is C21H26ClN3O3. The predicted octanol–water partition coefficient (Wildman–Crippen LogP) is 3.59. The largest absolute Gasteiger partial charge is 0.478 e. The Morgan fingerprint density at radius 3 is 2.54 bits per heavy atom. The summed E-state index contributed by atoms with van der Waals surface area (Å²) in [6.07, 6.45) is 2.39. The van der Waals surface area contributed by atoms with Crippen molar-refractivity contribution in [1.29, 1.82) is 0 Å². The monoisotopic (exact) mass is 403 g/mol. The number of carbonyl (C=O) groups excluding carboxylic acids is 2. The average Bonchev–Trinajstić information content (AvgIpc) is 2.71. The highest BCUT2D eigenvalue weighted by atomic mass is 35.5. The minimum Gasteiger partial charge on any atom is -0.478 e. The van der Waals surface area contributed by atoms with Crippen LogP contribution >= 0.6 is 11.6 Å². The Labute approximate surface area is 170 Å². The van der Waals surface area contributed by atoms with Crippen molar-refractivity contribution in [3.8, 4) is 5.88 Å². The van der Waals surface area contributed by atoms with Gasteiger partial charge in [-0.2, -0.15) is 0 Å². The zero-order valence-corrected chi connectivity index (χ0v) is 17.1. The second-order valence-electron chi connectivity index (χ2n) is 6.46. The third-order valence-corrected chi connectivity index (χ3v) is 4.72. The van der Waals surface area contributed by atoms with E-state index in [9.17, 15) is 9.59 Å². The van der Waals surface area contributed by atoms with Crippen molar-refractivity contribution in [3.63, 3.8) is 0 Å². The van der Waals surface area contributed by atoms with Gasteiger partial charge in [0.15, 0.2) is 0 Å². The van der Waals surface area contributed by atoms with E-state index in [1.54, 1.807) is 36.5 Å². The second-order valence-corrected chi connectivity index (χ2v) is 6.90. The maximum Gasteiger partial charge on any atom is 0.251 e. The molecule has 28 heavy (non-hydrogen) atoms. The Hall–Kier alpha value is -2.60. The number of hydrogen-bond acceptors (Lipinski definition) is 4. The van der Waals surface area contributed by atoms with E-state index in [2.05, 4.69) is 15.6 Å².